The number of β-lactam (4-membered cyclic amide) rings is 1. The van der Waals surface area contributed by atoms with Gasteiger partial charge in [0, 0.05) is 23.4 Å². The van der Waals surface area contributed by atoms with E-state index in [1.54, 1.807) is 0 Å². The Balaban J connectivity index is 1.41. The molecule has 2 atom stereocenters. The molecule has 3 rings (SSSR count). The van der Waals surface area contributed by atoms with E-state index in [-0.39, 0.29) is 29.7 Å². The van der Waals surface area contributed by atoms with Crippen molar-refractivity contribution in [2.75, 3.05) is 0 Å². The molecular formula is C20H19N3O6S. The fourth-order valence-electron chi connectivity index (χ4n) is 2.83. The molecule has 0 aliphatic carbocycles. The van der Waals surface area contributed by atoms with Crippen LogP contribution in [-0.4, -0.2) is 28.2 Å². The quantitative estimate of drug-likeness (QED) is 0.286. The Morgan fingerprint density at radius 1 is 1.13 bits per heavy atom. The predicted molar refractivity (Wildman–Crippen MR) is 108 cm³/mol. The highest BCUT2D eigenvalue weighted by Crippen LogP contribution is 2.25. The van der Waals surface area contributed by atoms with E-state index in [1.165, 1.54) is 24.3 Å². The predicted octanol–water partition coefficient (Wildman–Crippen LogP) is 2.99. The second-order valence-electron chi connectivity index (χ2n) is 6.56. The van der Waals surface area contributed by atoms with Crippen LogP contribution < -0.4 is 10.6 Å². The Morgan fingerprint density at radius 3 is 2.47 bits per heavy atom. The first-order valence-electron chi connectivity index (χ1n) is 9.15. The van der Waals surface area contributed by atoms with E-state index in [0.717, 1.165) is 16.7 Å². The largest absolute Gasteiger partial charge is 0.445 e. The molecule has 2 N–H and O–H groups in total. The lowest BCUT2D eigenvalue weighted by Crippen LogP contribution is -2.65. The van der Waals surface area contributed by atoms with E-state index < -0.39 is 23.1 Å². The number of nitro groups is 1. The van der Waals surface area contributed by atoms with Crippen LogP contribution in [0.2, 0.25) is 0 Å². The van der Waals surface area contributed by atoms with Crippen molar-refractivity contribution in [1.82, 2.24) is 10.6 Å². The van der Waals surface area contributed by atoms with E-state index in [2.05, 4.69) is 10.6 Å². The van der Waals surface area contributed by atoms with Crippen molar-refractivity contribution >= 4 is 34.6 Å². The minimum absolute atomic E-state index is 0.0526. The molecule has 156 valence electrons. The molecule has 30 heavy (non-hydrogen) atoms. The number of rotatable bonds is 8. The van der Waals surface area contributed by atoms with Crippen LogP contribution in [0.15, 0.2) is 59.5 Å². The molecule has 10 heteroatoms. The molecule has 1 fully saturated rings. The summed E-state index contributed by atoms with van der Waals surface area (Å²) in [6.45, 7) is -0.0681. The number of hydrogen-bond acceptors (Lipinski definition) is 7. The highest BCUT2D eigenvalue weighted by molar-refractivity contribution is 8.13. The molecule has 9 nitrogen and oxygen atoms in total. The summed E-state index contributed by atoms with van der Waals surface area (Å²) in [6.07, 6.45) is -0.810. The molecular weight excluding hydrogens is 410 g/mol. The number of ether oxygens (including phenoxy) is 1. The number of amides is 2. The number of nitro benzene ring substituents is 1. The van der Waals surface area contributed by atoms with Crippen LogP contribution >= 0.6 is 11.8 Å². The minimum atomic E-state index is -0.728. The Kier molecular flexibility index (Phi) is 7.02. The molecule has 1 heterocycles. The van der Waals surface area contributed by atoms with Gasteiger partial charge >= 0.3 is 6.09 Å². The minimum Gasteiger partial charge on any atom is -0.445 e. The second-order valence-corrected chi connectivity index (χ2v) is 7.69. The standard InChI is InChI=1S/C20H19N3O6S/c24-17(30-15-4-2-1-3-5-15)11-10-16-18(21-19(16)25)22-20(26)29-12-13-6-8-14(9-7-13)23(27)28/h1-9,16,18H,10-12H2,(H,21,25)(H,22,26)/t16-,18+/m0/s1. The Hall–Kier alpha value is -3.40. The van der Waals surface area contributed by atoms with Crippen LogP contribution in [0.1, 0.15) is 18.4 Å². The first-order valence-corrected chi connectivity index (χ1v) is 9.97. The summed E-state index contributed by atoms with van der Waals surface area (Å²) < 4.78 is 5.08. The zero-order valence-electron chi connectivity index (χ0n) is 15.8. The normalized spacial score (nSPS) is 17.4. The zero-order chi connectivity index (χ0) is 21.5. The van der Waals surface area contributed by atoms with Crippen LogP contribution in [0.4, 0.5) is 10.5 Å². The molecule has 2 aromatic carbocycles. The lowest BCUT2D eigenvalue weighted by atomic mass is 9.92. The van der Waals surface area contributed by atoms with Gasteiger partial charge in [-0.25, -0.2) is 4.79 Å². The monoisotopic (exact) mass is 429 g/mol. The van der Waals surface area contributed by atoms with Gasteiger partial charge in [0.2, 0.25) is 5.91 Å². The number of non-ortho nitro benzene ring substituents is 1. The summed E-state index contributed by atoms with van der Waals surface area (Å²) in [5.41, 5.74) is 0.539. The van der Waals surface area contributed by atoms with Crippen molar-refractivity contribution in [3.05, 3.63) is 70.3 Å². The second kappa shape index (κ2) is 9.88. The maximum atomic E-state index is 12.1. The molecule has 1 aliphatic rings. The molecule has 0 spiro atoms. The molecule has 0 bridgehead atoms. The van der Waals surface area contributed by atoms with Gasteiger partial charge in [-0.2, -0.15) is 0 Å². The molecule has 0 radical (unpaired) electrons. The lowest BCUT2D eigenvalue weighted by Gasteiger charge is -2.36. The van der Waals surface area contributed by atoms with Gasteiger partial charge in [-0.15, -0.1) is 0 Å². The third kappa shape index (κ3) is 5.80. The number of thioether (sulfide) groups is 1. The molecule has 0 unspecified atom stereocenters. The van der Waals surface area contributed by atoms with E-state index in [9.17, 15) is 24.5 Å². The van der Waals surface area contributed by atoms with Crippen LogP contribution in [0.5, 0.6) is 0 Å². The zero-order valence-corrected chi connectivity index (χ0v) is 16.6. The summed E-state index contributed by atoms with van der Waals surface area (Å²) in [7, 11) is 0. The number of nitrogens with one attached hydrogen (secondary N) is 2. The van der Waals surface area contributed by atoms with Crippen molar-refractivity contribution in [1.29, 1.82) is 0 Å². The van der Waals surface area contributed by atoms with Crippen molar-refractivity contribution < 1.29 is 24.0 Å². The highest BCUT2D eigenvalue weighted by Gasteiger charge is 2.40. The summed E-state index contributed by atoms with van der Waals surface area (Å²) in [6, 6.07) is 14.9. The average Bonchev–Trinajstić information content (AvgIpc) is 2.73. The van der Waals surface area contributed by atoms with E-state index >= 15 is 0 Å². The Morgan fingerprint density at radius 2 is 1.83 bits per heavy atom. The molecule has 1 aliphatic heterocycles. The van der Waals surface area contributed by atoms with Gasteiger partial charge in [0.25, 0.3) is 5.69 Å². The van der Waals surface area contributed by atoms with Crippen molar-refractivity contribution in [3.8, 4) is 0 Å². The molecule has 2 aromatic rings. The molecule has 0 aromatic heterocycles. The van der Waals surface area contributed by atoms with Gasteiger partial charge in [-0.1, -0.05) is 30.0 Å². The van der Waals surface area contributed by atoms with Gasteiger partial charge in [0.15, 0.2) is 5.12 Å². The Labute approximate surface area is 176 Å². The van der Waals surface area contributed by atoms with Crippen molar-refractivity contribution in [2.24, 2.45) is 5.92 Å². The topological polar surface area (TPSA) is 128 Å². The van der Waals surface area contributed by atoms with Crippen LogP contribution in [0.3, 0.4) is 0 Å². The van der Waals surface area contributed by atoms with E-state index in [0.29, 0.717) is 12.0 Å². The van der Waals surface area contributed by atoms with Crippen LogP contribution in [-0.2, 0) is 20.9 Å². The smallest absolute Gasteiger partial charge is 0.409 e. The van der Waals surface area contributed by atoms with Gasteiger partial charge in [-0.05, 0) is 36.2 Å². The number of nitrogens with zero attached hydrogens (tertiary/aromatic N) is 1. The summed E-state index contributed by atoms with van der Waals surface area (Å²) in [5, 5.41) is 15.7. The lowest BCUT2D eigenvalue weighted by molar-refractivity contribution is -0.384. The van der Waals surface area contributed by atoms with Crippen LogP contribution in [0, 0.1) is 16.0 Å². The molecule has 2 amide bonds. The summed E-state index contributed by atoms with van der Waals surface area (Å²) in [5.74, 6) is -0.731. The van der Waals surface area contributed by atoms with Crippen molar-refractivity contribution in [3.63, 3.8) is 0 Å². The number of carbonyl (C=O) groups excluding carboxylic acids is 3. The first-order chi connectivity index (χ1) is 14.4. The van der Waals surface area contributed by atoms with Gasteiger partial charge in [-0.3, -0.25) is 19.7 Å². The fourth-order valence-corrected chi connectivity index (χ4v) is 3.60. The maximum absolute atomic E-state index is 12.1. The third-order valence-electron chi connectivity index (χ3n) is 4.46. The van der Waals surface area contributed by atoms with Gasteiger partial charge in [0.1, 0.15) is 12.8 Å². The Bertz CT molecular complexity index is 935. The summed E-state index contributed by atoms with van der Waals surface area (Å²) >= 11 is 1.12. The maximum Gasteiger partial charge on any atom is 0.409 e. The average molecular weight is 429 g/mol. The number of carbonyl (C=O) groups is 3. The first kappa shape index (κ1) is 21.3. The molecule has 1 saturated heterocycles. The number of alkyl carbamates (subject to hydrolysis) is 1. The van der Waals surface area contributed by atoms with Gasteiger partial charge < -0.3 is 15.4 Å². The van der Waals surface area contributed by atoms with Crippen LogP contribution in [0.25, 0.3) is 0 Å². The third-order valence-corrected chi connectivity index (χ3v) is 5.40. The van der Waals surface area contributed by atoms with E-state index in [4.69, 9.17) is 4.74 Å². The van der Waals surface area contributed by atoms with E-state index in [1.807, 2.05) is 30.3 Å². The highest BCUT2D eigenvalue weighted by atomic mass is 32.2. The van der Waals surface area contributed by atoms with Gasteiger partial charge in [0.05, 0.1) is 10.8 Å². The summed E-state index contributed by atoms with van der Waals surface area (Å²) in [4.78, 5) is 46.8. The number of hydrogen-bond donors (Lipinski definition) is 2. The number of benzene rings is 2. The SMILES string of the molecule is O=C(N[C@H]1NC(=O)[C@H]1CCC(=O)Sc1ccccc1)OCc1ccc([N+](=O)[O-])cc1. The fraction of sp³-hybridized carbons (Fsp3) is 0.250. The van der Waals surface area contributed by atoms with Crippen molar-refractivity contribution in [2.45, 2.75) is 30.5 Å². The molecule has 0 saturated carbocycles.